The van der Waals surface area contributed by atoms with Crippen LogP contribution in [0.25, 0.3) is 10.2 Å². The van der Waals surface area contributed by atoms with Crippen molar-refractivity contribution in [2.24, 2.45) is 0 Å². The molecular formula is C16H24N4S. The van der Waals surface area contributed by atoms with Crippen LogP contribution in [-0.2, 0) is 6.54 Å². The van der Waals surface area contributed by atoms with Gasteiger partial charge in [0.2, 0.25) is 0 Å². The fraction of sp³-hybridized carbons (Fsp3) is 0.625. The minimum Gasteiger partial charge on any atom is -0.370 e. The van der Waals surface area contributed by atoms with Crippen LogP contribution in [0.3, 0.4) is 0 Å². The Balaban J connectivity index is 1.84. The van der Waals surface area contributed by atoms with Crippen molar-refractivity contribution in [3.05, 3.63) is 17.3 Å². The van der Waals surface area contributed by atoms with E-state index >= 15 is 0 Å². The maximum Gasteiger partial charge on any atom is 0.146 e. The van der Waals surface area contributed by atoms with E-state index in [1.807, 2.05) is 0 Å². The average molecular weight is 304 g/mol. The van der Waals surface area contributed by atoms with E-state index in [1.54, 1.807) is 11.3 Å². The Hall–Kier alpha value is -1.20. The molecule has 2 heterocycles. The van der Waals surface area contributed by atoms with E-state index in [-0.39, 0.29) is 0 Å². The topological polar surface area (TPSA) is 41.1 Å². The first-order chi connectivity index (χ1) is 10.3. The first kappa shape index (κ1) is 14.7. The van der Waals surface area contributed by atoms with Gasteiger partial charge in [-0.3, -0.25) is 4.90 Å². The summed E-state index contributed by atoms with van der Waals surface area (Å²) in [5, 5.41) is 6.62. The van der Waals surface area contributed by atoms with Crippen LogP contribution in [-0.4, -0.2) is 34.0 Å². The van der Waals surface area contributed by atoms with Crippen LogP contribution < -0.4 is 5.32 Å². The number of aromatic nitrogens is 2. The Morgan fingerprint density at radius 1 is 1.29 bits per heavy atom. The molecule has 5 heteroatoms. The van der Waals surface area contributed by atoms with Gasteiger partial charge in [-0.05, 0) is 37.8 Å². The van der Waals surface area contributed by atoms with Gasteiger partial charge in [0.1, 0.15) is 16.5 Å². The van der Waals surface area contributed by atoms with Crippen LogP contribution in [0.1, 0.15) is 45.4 Å². The highest BCUT2D eigenvalue weighted by atomic mass is 32.1. The fourth-order valence-corrected chi connectivity index (χ4v) is 4.01. The third-order valence-corrected chi connectivity index (χ3v) is 5.11. The summed E-state index contributed by atoms with van der Waals surface area (Å²) in [5.74, 6) is 1.94. The average Bonchev–Trinajstić information content (AvgIpc) is 3.16. The zero-order valence-electron chi connectivity index (χ0n) is 12.9. The molecule has 0 spiro atoms. The van der Waals surface area contributed by atoms with Crippen molar-refractivity contribution in [2.45, 2.75) is 52.1 Å². The van der Waals surface area contributed by atoms with E-state index < -0.39 is 0 Å². The zero-order chi connectivity index (χ0) is 14.7. The highest BCUT2D eigenvalue weighted by Gasteiger charge is 2.22. The molecule has 0 bridgehead atoms. The fourth-order valence-electron chi connectivity index (χ4n) is 3.22. The van der Waals surface area contributed by atoms with Gasteiger partial charge < -0.3 is 5.32 Å². The van der Waals surface area contributed by atoms with Crippen molar-refractivity contribution in [3.8, 4) is 0 Å². The van der Waals surface area contributed by atoms with E-state index in [0.717, 1.165) is 47.5 Å². The van der Waals surface area contributed by atoms with Gasteiger partial charge in [0.25, 0.3) is 0 Å². The van der Waals surface area contributed by atoms with Crippen LogP contribution in [0, 0.1) is 0 Å². The lowest BCUT2D eigenvalue weighted by Crippen LogP contribution is -2.33. The van der Waals surface area contributed by atoms with Gasteiger partial charge in [0.05, 0.1) is 11.9 Å². The summed E-state index contributed by atoms with van der Waals surface area (Å²) in [6.07, 6.45) is 5.40. The second-order valence-electron chi connectivity index (χ2n) is 5.66. The largest absolute Gasteiger partial charge is 0.370 e. The Morgan fingerprint density at radius 2 is 2.10 bits per heavy atom. The number of thiophene rings is 1. The second kappa shape index (κ2) is 6.71. The van der Waals surface area contributed by atoms with Crippen molar-refractivity contribution in [1.82, 2.24) is 14.9 Å². The molecule has 2 aromatic rings. The number of nitrogens with zero attached hydrogens (tertiary/aromatic N) is 3. The molecule has 0 radical (unpaired) electrons. The lowest BCUT2D eigenvalue weighted by Gasteiger charge is -2.26. The molecule has 0 aliphatic heterocycles. The molecule has 3 rings (SSSR count). The highest BCUT2D eigenvalue weighted by Crippen LogP contribution is 2.27. The van der Waals surface area contributed by atoms with Gasteiger partial charge in [-0.1, -0.05) is 19.8 Å². The van der Waals surface area contributed by atoms with Crippen molar-refractivity contribution in [1.29, 1.82) is 0 Å². The number of hydrogen-bond acceptors (Lipinski definition) is 5. The zero-order valence-corrected chi connectivity index (χ0v) is 13.7. The molecule has 0 atom stereocenters. The Morgan fingerprint density at radius 3 is 2.81 bits per heavy atom. The molecule has 1 saturated carbocycles. The lowest BCUT2D eigenvalue weighted by atomic mass is 10.2. The summed E-state index contributed by atoms with van der Waals surface area (Å²) in [7, 11) is 0. The molecule has 4 nitrogen and oxygen atoms in total. The SMILES string of the molecule is CCNc1nc(CN(CC)C2CCCC2)nc2sccc12. The molecular weight excluding hydrogens is 280 g/mol. The summed E-state index contributed by atoms with van der Waals surface area (Å²) in [4.78, 5) is 13.2. The summed E-state index contributed by atoms with van der Waals surface area (Å²) < 4.78 is 0. The van der Waals surface area contributed by atoms with Crippen LogP contribution in [0.2, 0.25) is 0 Å². The standard InChI is InChI=1S/C16H24N4S/c1-3-17-15-13-9-10-21-16(13)19-14(18-15)11-20(4-2)12-7-5-6-8-12/h9-10,12H,3-8,11H2,1-2H3,(H,17,18,19). The Bertz CT molecular complexity index is 589. The molecule has 1 N–H and O–H groups in total. The molecule has 0 amide bonds. The molecule has 1 fully saturated rings. The number of nitrogens with one attached hydrogen (secondary N) is 1. The highest BCUT2D eigenvalue weighted by molar-refractivity contribution is 7.16. The predicted octanol–water partition coefficient (Wildman–Crippen LogP) is 3.89. The van der Waals surface area contributed by atoms with Gasteiger partial charge in [0, 0.05) is 12.6 Å². The van der Waals surface area contributed by atoms with E-state index in [4.69, 9.17) is 9.97 Å². The number of anilines is 1. The summed E-state index contributed by atoms with van der Waals surface area (Å²) in [6, 6.07) is 2.83. The van der Waals surface area contributed by atoms with Crippen molar-refractivity contribution in [3.63, 3.8) is 0 Å². The van der Waals surface area contributed by atoms with E-state index in [0.29, 0.717) is 0 Å². The van der Waals surface area contributed by atoms with Crippen LogP contribution in [0.5, 0.6) is 0 Å². The van der Waals surface area contributed by atoms with Crippen LogP contribution in [0.15, 0.2) is 11.4 Å². The van der Waals surface area contributed by atoms with Gasteiger partial charge in [-0.2, -0.15) is 0 Å². The summed E-state index contributed by atoms with van der Waals surface area (Å²) in [5.41, 5.74) is 0. The normalized spacial score (nSPS) is 16.1. The van der Waals surface area contributed by atoms with Crippen molar-refractivity contribution in [2.75, 3.05) is 18.4 Å². The quantitative estimate of drug-likeness (QED) is 0.879. The third-order valence-electron chi connectivity index (χ3n) is 4.31. The van der Waals surface area contributed by atoms with E-state index in [9.17, 15) is 0 Å². The minimum atomic E-state index is 0.722. The minimum absolute atomic E-state index is 0.722. The maximum atomic E-state index is 4.76. The molecule has 21 heavy (non-hydrogen) atoms. The maximum absolute atomic E-state index is 4.76. The van der Waals surface area contributed by atoms with Crippen LogP contribution in [0.4, 0.5) is 5.82 Å². The first-order valence-corrected chi connectivity index (χ1v) is 8.91. The van der Waals surface area contributed by atoms with Gasteiger partial charge >= 0.3 is 0 Å². The van der Waals surface area contributed by atoms with Crippen LogP contribution >= 0.6 is 11.3 Å². The molecule has 1 aliphatic carbocycles. The molecule has 114 valence electrons. The third kappa shape index (κ3) is 3.19. The summed E-state index contributed by atoms with van der Waals surface area (Å²) >= 11 is 1.70. The first-order valence-electron chi connectivity index (χ1n) is 8.03. The predicted molar refractivity (Wildman–Crippen MR) is 89.9 cm³/mol. The van der Waals surface area contributed by atoms with Gasteiger partial charge in [0.15, 0.2) is 0 Å². The number of hydrogen-bond donors (Lipinski definition) is 1. The van der Waals surface area contributed by atoms with Crippen molar-refractivity contribution >= 4 is 27.4 Å². The Labute approximate surface area is 130 Å². The van der Waals surface area contributed by atoms with E-state index in [1.165, 1.54) is 25.7 Å². The molecule has 0 saturated heterocycles. The number of rotatable bonds is 6. The van der Waals surface area contributed by atoms with Gasteiger partial charge in [-0.25, -0.2) is 9.97 Å². The molecule has 1 aliphatic rings. The molecule has 0 aromatic carbocycles. The van der Waals surface area contributed by atoms with E-state index in [2.05, 4.69) is 35.5 Å². The molecule has 0 unspecified atom stereocenters. The summed E-state index contributed by atoms with van der Waals surface area (Å²) in [6.45, 7) is 7.19. The molecule has 2 aromatic heterocycles. The van der Waals surface area contributed by atoms with Crippen molar-refractivity contribution < 1.29 is 0 Å². The van der Waals surface area contributed by atoms with Gasteiger partial charge in [-0.15, -0.1) is 11.3 Å². The lowest BCUT2D eigenvalue weighted by molar-refractivity contribution is 0.195. The number of fused-ring (bicyclic) bond motifs is 1. The Kier molecular flexibility index (Phi) is 4.70. The smallest absolute Gasteiger partial charge is 0.146 e. The second-order valence-corrected chi connectivity index (χ2v) is 6.55. The monoisotopic (exact) mass is 304 g/mol.